The molecule has 0 radical (unpaired) electrons. The molecule has 0 aliphatic carbocycles. The zero-order valence-corrected chi connectivity index (χ0v) is 13.6. The van der Waals surface area contributed by atoms with Crippen molar-refractivity contribution in [3.05, 3.63) is 30.3 Å². The van der Waals surface area contributed by atoms with Gasteiger partial charge in [-0.15, -0.1) is 0 Å². The van der Waals surface area contributed by atoms with E-state index in [2.05, 4.69) is 48.4 Å². The van der Waals surface area contributed by atoms with Crippen molar-refractivity contribution in [1.29, 1.82) is 0 Å². The molecule has 1 aromatic rings. The van der Waals surface area contributed by atoms with Crippen LogP contribution in [0.3, 0.4) is 0 Å². The zero-order valence-electron chi connectivity index (χ0n) is 13.6. The highest BCUT2D eigenvalue weighted by molar-refractivity contribution is 5.89. The van der Waals surface area contributed by atoms with Gasteiger partial charge in [0.25, 0.3) is 0 Å². The fourth-order valence-electron chi connectivity index (χ4n) is 1.80. The Bertz CT molecular complexity index is 410. The standard InChI is InChI=1S/C16H28N4O/c1-5-19(3)11-12-20(4)14(2)13-17-16(21)18-15-9-7-6-8-10-15/h6-10,14H,5,11-13H2,1-4H3,(H2,17,18,21)/t14-/m1/s1. The van der Waals surface area contributed by atoms with Crippen molar-refractivity contribution in [3.8, 4) is 0 Å². The number of nitrogens with one attached hydrogen (secondary N) is 2. The molecule has 5 nitrogen and oxygen atoms in total. The fourth-order valence-corrected chi connectivity index (χ4v) is 1.80. The average Bonchev–Trinajstić information content (AvgIpc) is 2.50. The van der Waals surface area contributed by atoms with Crippen molar-refractivity contribution in [3.63, 3.8) is 0 Å². The van der Waals surface area contributed by atoms with Crippen LogP contribution in [-0.2, 0) is 0 Å². The molecule has 118 valence electrons. The van der Waals surface area contributed by atoms with E-state index >= 15 is 0 Å². The Balaban J connectivity index is 2.25. The number of urea groups is 1. The summed E-state index contributed by atoms with van der Waals surface area (Å²) in [6.07, 6.45) is 0. The van der Waals surface area contributed by atoms with Gasteiger partial charge in [0, 0.05) is 31.4 Å². The van der Waals surface area contributed by atoms with Gasteiger partial charge in [-0.2, -0.15) is 0 Å². The molecule has 0 aromatic heterocycles. The first-order valence-electron chi connectivity index (χ1n) is 7.51. The van der Waals surface area contributed by atoms with E-state index in [-0.39, 0.29) is 6.03 Å². The van der Waals surface area contributed by atoms with E-state index in [1.54, 1.807) is 0 Å². The molecule has 1 atom stereocenters. The van der Waals surface area contributed by atoms with Gasteiger partial charge in [0.2, 0.25) is 0 Å². The maximum Gasteiger partial charge on any atom is 0.319 e. The van der Waals surface area contributed by atoms with E-state index in [0.29, 0.717) is 12.6 Å². The Morgan fingerprint density at radius 1 is 1.19 bits per heavy atom. The summed E-state index contributed by atoms with van der Waals surface area (Å²) in [5.74, 6) is 0. The highest BCUT2D eigenvalue weighted by Gasteiger charge is 2.11. The summed E-state index contributed by atoms with van der Waals surface area (Å²) in [5.41, 5.74) is 0.806. The summed E-state index contributed by atoms with van der Waals surface area (Å²) in [6.45, 7) is 7.99. The topological polar surface area (TPSA) is 47.6 Å². The minimum Gasteiger partial charge on any atom is -0.336 e. The maximum absolute atomic E-state index is 11.8. The summed E-state index contributed by atoms with van der Waals surface area (Å²) in [5, 5.41) is 5.73. The van der Waals surface area contributed by atoms with Crippen molar-refractivity contribution < 1.29 is 4.79 Å². The molecule has 0 saturated carbocycles. The van der Waals surface area contributed by atoms with Crippen molar-refractivity contribution in [2.24, 2.45) is 0 Å². The second kappa shape index (κ2) is 9.37. The Labute approximate surface area is 128 Å². The molecule has 2 amide bonds. The van der Waals surface area contributed by atoms with E-state index < -0.39 is 0 Å². The van der Waals surface area contributed by atoms with E-state index in [4.69, 9.17) is 0 Å². The number of benzene rings is 1. The number of likely N-dealkylation sites (N-methyl/N-ethyl adjacent to an activating group) is 2. The molecule has 21 heavy (non-hydrogen) atoms. The fraction of sp³-hybridized carbons (Fsp3) is 0.562. The predicted molar refractivity (Wildman–Crippen MR) is 88.7 cm³/mol. The van der Waals surface area contributed by atoms with Gasteiger partial charge >= 0.3 is 6.03 Å². The normalized spacial score (nSPS) is 12.5. The molecular weight excluding hydrogens is 264 g/mol. The Morgan fingerprint density at radius 2 is 1.86 bits per heavy atom. The third-order valence-corrected chi connectivity index (χ3v) is 3.72. The van der Waals surface area contributed by atoms with Crippen LogP contribution in [0.5, 0.6) is 0 Å². The highest BCUT2D eigenvalue weighted by Crippen LogP contribution is 2.04. The number of hydrogen-bond acceptors (Lipinski definition) is 3. The SMILES string of the molecule is CCN(C)CCN(C)[C@H](C)CNC(=O)Nc1ccccc1. The largest absolute Gasteiger partial charge is 0.336 e. The first-order chi connectivity index (χ1) is 10.0. The molecule has 0 aliphatic heterocycles. The summed E-state index contributed by atoms with van der Waals surface area (Å²) in [4.78, 5) is 16.3. The van der Waals surface area contributed by atoms with Crippen molar-refractivity contribution in [2.75, 3.05) is 45.6 Å². The van der Waals surface area contributed by atoms with E-state index in [0.717, 1.165) is 25.3 Å². The van der Waals surface area contributed by atoms with Crippen LogP contribution in [-0.4, -0.2) is 62.1 Å². The molecule has 1 aromatic carbocycles. The molecular formula is C16H28N4O. The molecule has 1 rings (SSSR count). The van der Waals surface area contributed by atoms with E-state index in [1.807, 2.05) is 30.3 Å². The van der Waals surface area contributed by atoms with Gasteiger partial charge in [-0.05, 0) is 39.7 Å². The van der Waals surface area contributed by atoms with E-state index in [9.17, 15) is 4.79 Å². The number of para-hydroxylation sites is 1. The average molecular weight is 292 g/mol. The van der Waals surface area contributed by atoms with Gasteiger partial charge < -0.3 is 20.4 Å². The third-order valence-electron chi connectivity index (χ3n) is 3.72. The smallest absolute Gasteiger partial charge is 0.319 e. The number of nitrogens with zero attached hydrogens (tertiary/aromatic N) is 2. The number of anilines is 1. The van der Waals surface area contributed by atoms with Crippen LogP contribution in [0.1, 0.15) is 13.8 Å². The van der Waals surface area contributed by atoms with Gasteiger partial charge in [0.15, 0.2) is 0 Å². The van der Waals surface area contributed by atoms with Crippen molar-refractivity contribution in [1.82, 2.24) is 15.1 Å². The van der Waals surface area contributed by atoms with Gasteiger partial charge in [-0.3, -0.25) is 0 Å². The van der Waals surface area contributed by atoms with Crippen molar-refractivity contribution in [2.45, 2.75) is 19.9 Å². The molecule has 2 N–H and O–H groups in total. The van der Waals surface area contributed by atoms with Crippen LogP contribution in [0.25, 0.3) is 0 Å². The lowest BCUT2D eigenvalue weighted by Gasteiger charge is -2.27. The van der Waals surface area contributed by atoms with Crippen LogP contribution < -0.4 is 10.6 Å². The number of rotatable bonds is 8. The summed E-state index contributed by atoms with van der Waals surface area (Å²) in [6, 6.07) is 9.61. The predicted octanol–water partition coefficient (Wildman–Crippen LogP) is 2.08. The van der Waals surface area contributed by atoms with Crippen molar-refractivity contribution >= 4 is 11.7 Å². The van der Waals surface area contributed by atoms with Crippen LogP contribution in [0, 0.1) is 0 Å². The van der Waals surface area contributed by atoms with Gasteiger partial charge in [0.05, 0.1) is 0 Å². The quantitative estimate of drug-likeness (QED) is 0.771. The summed E-state index contributed by atoms with van der Waals surface area (Å²) >= 11 is 0. The van der Waals surface area contributed by atoms with Crippen LogP contribution in [0.15, 0.2) is 30.3 Å². The lowest BCUT2D eigenvalue weighted by Crippen LogP contribution is -2.43. The molecule has 0 fully saturated rings. The first kappa shape index (κ1) is 17.5. The lowest BCUT2D eigenvalue weighted by molar-refractivity contribution is 0.212. The number of hydrogen-bond donors (Lipinski definition) is 2. The third kappa shape index (κ3) is 7.11. The van der Waals surface area contributed by atoms with Gasteiger partial charge in [0.1, 0.15) is 0 Å². The van der Waals surface area contributed by atoms with Gasteiger partial charge in [-0.25, -0.2) is 4.79 Å². The molecule has 0 spiro atoms. The number of carbonyl (C=O) groups is 1. The molecule has 5 heteroatoms. The molecule has 0 aliphatic rings. The Morgan fingerprint density at radius 3 is 2.48 bits per heavy atom. The van der Waals surface area contributed by atoms with Gasteiger partial charge in [-0.1, -0.05) is 25.1 Å². The molecule has 0 bridgehead atoms. The molecule has 0 unspecified atom stereocenters. The minimum absolute atomic E-state index is 0.160. The Hall–Kier alpha value is -1.59. The number of carbonyl (C=O) groups excluding carboxylic acids is 1. The Kier molecular flexibility index (Phi) is 7.79. The monoisotopic (exact) mass is 292 g/mol. The number of amides is 2. The lowest BCUT2D eigenvalue weighted by atomic mass is 10.3. The second-order valence-electron chi connectivity index (χ2n) is 5.43. The van der Waals surface area contributed by atoms with Crippen LogP contribution in [0.4, 0.5) is 10.5 Å². The summed E-state index contributed by atoms with van der Waals surface area (Å²) in [7, 11) is 4.20. The molecule has 0 heterocycles. The van der Waals surface area contributed by atoms with Crippen LogP contribution in [0.2, 0.25) is 0 Å². The second-order valence-corrected chi connectivity index (χ2v) is 5.43. The summed E-state index contributed by atoms with van der Waals surface area (Å²) < 4.78 is 0. The van der Waals surface area contributed by atoms with Crippen LogP contribution >= 0.6 is 0 Å². The maximum atomic E-state index is 11.8. The first-order valence-corrected chi connectivity index (χ1v) is 7.51. The zero-order chi connectivity index (χ0) is 15.7. The molecule has 0 saturated heterocycles. The highest BCUT2D eigenvalue weighted by atomic mass is 16.2. The minimum atomic E-state index is -0.160. The van der Waals surface area contributed by atoms with E-state index in [1.165, 1.54) is 0 Å².